The van der Waals surface area contributed by atoms with Crippen LogP contribution >= 0.6 is 11.3 Å². The number of benzene rings is 2. The van der Waals surface area contributed by atoms with Gasteiger partial charge in [0.15, 0.2) is 17.6 Å². The Morgan fingerprint density at radius 3 is 2.85 bits per heavy atom. The molecule has 1 atom stereocenters. The topological polar surface area (TPSA) is 90.0 Å². The highest BCUT2D eigenvalue weighted by atomic mass is 32.1. The van der Waals surface area contributed by atoms with Crippen molar-refractivity contribution >= 4 is 34.5 Å². The summed E-state index contributed by atoms with van der Waals surface area (Å²) in [6.45, 7) is 3.82. The van der Waals surface area contributed by atoms with Gasteiger partial charge in [-0.1, -0.05) is 6.92 Å². The molecule has 0 radical (unpaired) electrons. The van der Waals surface area contributed by atoms with Gasteiger partial charge >= 0.3 is 0 Å². The molecular weight excluding hydrogens is 442 g/mol. The molecule has 1 unspecified atom stereocenters. The molecule has 1 N–H and O–H groups in total. The van der Waals surface area contributed by atoms with Gasteiger partial charge in [0.2, 0.25) is 12.7 Å². The number of thiazole rings is 1. The molecule has 2 amide bonds. The Bertz CT molecular complexity index is 1220. The summed E-state index contributed by atoms with van der Waals surface area (Å²) in [5, 5.41) is 5.92. The van der Waals surface area contributed by atoms with Crippen LogP contribution in [0.4, 0.5) is 11.4 Å². The molecule has 0 spiro atoms. The first kappa shape index (κ1) is 21.3. The lowest BCUT2D eigenvalue weighted by Gasteiger charge is -2.32. The standard InChI is InChI=1S/C24H23N3O5S/c1-3-4-23-26-17(12-33-23)15-5-7-19-18(9-15)27(24(29)14(2)32-19)11-22(28)25-16-6-8-20-21(10-16)31-13-30-20/h5-10,12,14H,3-4,11,13H2,1-2H3,(H,25,28). The Balaban J connectivity index is 1.39. The average molecular weight is 466 g/mol. The molecule has 2 aliphatic heterocycles. The zero-order valence-corrected chi connectivity index (χ0v) is 19.1. The fraction of sp³-hybridized carbons (Fsp3) is 0.292. The first-order valence-corrected chi connectivity index (χ1v) is 11.7. The Hall–Kier alpha value is -3.59. The third kappa shape index (κ3) is 4.23. The number of carbonyl (C=O) groups is 2. The largest absolute Gasteiger partial charge is 0.479 e. The van der Waals surface area contributed by atoms with Crippen molar-refractivity contribution < 1.29 is 23.8 Å². The first-order valence-electron chi connectivity index (χ1n) is 10.8. The van der Waals surface area contributed by atoms with Crippen LogP contribution in [0.2, 0.25) is 0 Å². The molecule has 0 saturated carbocycles. The third-order valence-electron chi connectivity index (χ3n) is 5.44. The predicted octanol–water partition coefficient (Wildman–Crippen LogP) is 4.24. The first-order chi connectivity index (χ1) is 16.0. The maximum Gasteiger partial charge on any atom is 0.268 e. The van der Waals surface area contributed by atoms with Crippen LogP contribution < -0.4 is 24.4 Å². The number of nitrogens with one attached hydrogen (secondary N) is 1. The molecule has 1 aromatic heterocycles. The van der Waals surface area contributed by atoms with E-state index in [4.69, 9.17) is 19.2 Å². The average Bonchev–Trinajstić information content (AvgIpc) is 3.46. The van der Waals surface area contributed by atoms with E-state index in [2.05, 4.69) is 12.2 Å². The summed E-state index contributed by atoms with van der Waals surface area (Å²) in [6, 6.07) is 10.8. The molecule has 5 rings (SSSR count). The van der Waals surface area contributed by atoms with Crippen molar-refractivity contribution in [1.29, 1.82) is 0 Å². The Kier molecular flexibility index (Phi) is 5.63. The van der Waals surface area contributed by atoms with Gasteiger partial charge in [-0.3, -0.25) is 14.5 Å². The normalized spacial score (nSPS) is 16.4. The molecular formula is C24H23N3O5S. The number of carbonyl (C=O) groups excluding carboxylic acids is 2. The van der Waals surface area contributed by atoms with E-state index in [1.165, 1.54) is 4.90 Å². The van der Waals surface area contributed by atoms with Crippen LogP contribution in [0.3, 0.4) is 0 Å². The third-order valence-corrected chi connectivity index (χ3v) is 6.35. The van der Waals surface area contributed by atoms with Gasteiger partial charge in [0.25, 0.3) is 5.91 Å². The van der Waals surface area contributed by atoms with E-state index in [1.54, 1.807) is 36.5 Å². The van der Waals surface area contributed by atoms with Gasteiger partial charge in [-0.25, -0.2) is 4.98 Å². The van der Waals surface area contributed by atoms with Gasteiger partial charge in [-0.05, 0) is 50.1 Å². The maximum atomic E-state index is 12.9. The molecule has 0 fully saturated rings. The summed E-state index contributed by atoms with van der Waals surface area (Å²) >= 11 is 1.62. The zero-order valence-electron chi connectivity index (χ0n) is 18.3. The van der Waals surface area contributed by atoms with Crippen LogP contribution in [0.15, 0.2) is 41.8 Å². The number of hydrogen-bond acceptors (Lipinski definition) is 7. The van der Waals surface area contributed by atoms with Crippen LogP contribution in [0, 0.1) is 0 Å². The molecule has 2 aliphatic rings. The molecule has 0 bridgehead atoms. The molecule has 170 valence electrons. The van der Waals surface area contributed by atoms with E-state index in [0.29, 0.717) is 28.6 Å². The van der Waals surface area contributed by atoms with Crippen LogP contribution in [0.5, 0.6) is 17.2 Å². The van der Waals surface area contributed by atoms with Crippen molar-refractivity contribution in [2.24, 2.45) is 0 Å². The summed E-state index contributed by atoms with van der Waals surface area (Å²) in [5.41, 5.74) is 2.85. The second-order valence-corrected chi connectivity index (χ2v) is 8.80. The predicted molar refractivity (Wildman–Crippen MR) is 125 cm³/mol. The Morgan fingerprint density at radius 1 is 1.18 bits per heavy atom. The molecule has 3 aromatic rings. The van der Waals surface area contributed by atoms with Gasteiger partial charge in [-0.15, -0.1) is 11.3 Å². The minimum Gasteiger partial charge on any atom is -0.479 e. The molecule has 0 aliphatic carbocycles. The number of ether oxygens (including phenoxy) is 3. The van der Waals surface area contributed by atoms with E-state index in [0.717, 1.165) is 29.1 Å². The monoisotopic (exact) mass is 465 g/mol. The van der Waals surface area contributed by atoms with E-state index in [9.17, 15) is 9.59 Å². The van der Waals surface area contributed by atoms with Gasteiger partial charge in [-0.2, -0.15) is 0 Å². The van der Waals surface area contributed by atoms with Crippen molar-refractivity contribution in [3.05, 3.63) is 46.8 Å². The van der Waals surface area contributed by atoms with Crippen molar-refractivity contribution in [2.45, 2.75) is 32.8 Å². The lowest BCUT2D eigenvalue weighted by Crippen LogP contribution is -2.47. The number of aromatic nitrogens is 1. The summed E-state index contributed by atoms with van der Waals surface area (Å²) in [5.74, 6) is 1.17. The van der Waals surface area contributed by atoms with Gasteiger partial charge in [0.1, 0.15) is 12.3 Å². The number of rotatable bonds is 6. The minimum absolute atomic E-state index is 0.143. The number of anilines is 2. The number of amides is 2. The second kappa shape index (κ2) is 8.74. The highest BCUT2D eigenvalue weighted by Crippen LogP contribution is 2.38. The number of fused-ring (bicyclic) bond motifs is 2. The lowest BCUT2D eigenvalue weighted by molar-refractivity contribution is -0.127. The minimum atomic E-state index is -0.683. The van der Waals surface area contributed by atoms with Crippen LogP contribution in [0.1, 0.15) is 25.3 Å². The van der Waals surface area contributed by atoms with Crippen molar-refractivity contribution in [3.63, 3.8) is 0 Å². The Morgan fingerprint density at radius 2 is 2.00 bits per heavy atom. The molecule has 8 nitrogen and oxygen atoms in total. The molecule has 0 saturated heterocycles. The number of aryl methyl sites for hydroxylation is 1. The van der Waals surface area contributed by atoms with Gasteiger partial charge < -0.3 is 19.5 Å². The molecule has 9 heteroatoms. The van der Waals surface area contributed by atoms with Crippen molar-refractivity contribution in [3.8, 4) is 28.5 Å². The summed E-state index contributed by atoms with van der Waals surface area (Å²) < 4.78 is 16.5. The highest BCUT2D eigenvalue weighted by molar-refractivity contribution is 7.09. The molecule has 33 heavy (non-hydrogen) atoms. The summed E-state index contributed by atoms with van der Waals surface area (Å²) in [4.78, 5) is 31.9. The Labute approximate surface area is 195 Å². The molecule has 2 aromatic carbocycles. The van der Waals surface area contributed by atoms with Crippen LogP contribution in [0.25, 0.3) is 11.3 Å². The zero-order chi connectivity index (χ0) is 22.9. The number of nitrogens with zero attached hydrogens (tertiary/aromatic N) is 2. The smallest absolute Gasteiger partial charge is 0.268 e. The summed E-state index contributed by atoms with van der Waals surface area (Å²) in [7, 11) is 0. The van der Waals surface area contributed by atoms with Crippen LogP contribution in [-0.4, -0.2) is 36.2 Å². The van der Waals surface area contributed by atoms with E-state index in [1.807, 2.05) is 23.6 Å². The highest BCUT2D eigenvalue weighted by Gasteiger charge is 2.33. The fourth-order valence-corrected chi connectivity index (χ4v) is 4.73. The van der Waals surface area contributed by atoms with E-state index >= 15 is 0 Å². The molecule has 3 heterocycles. The van der Waals surface area contributed by atoms with Crippen LogP contribution in [-0.2, 0) is 16.0 Å². The maximum absolute atomic E-state index is 12.9. The second-order valence-electron chi connectivity index (χ2n) is 7.86. The quantitative estimate of drug-likeness (QED) is 0.586. The fourth-order valence-electron chi connectivity index (χ4n) is 3.82. The number of hydrogen-bond donors (Lipinski definition) is 1. The summed E-state index contributed by atoms with van der Waals surface area (Å²) in [6.07, 6.45) is 1.28. The van der Waals surface area contributed by atoms with Gasteiger partial charge in [0, 0.05) is 22.7 Å². The van der Waals surface area contributed by atoms with E-state index in [-0.39, 0.29) is 25.2 Å². The van der Waals surface area contributed by atoms with Crippen molar-refractivity contribution in [1.82, 2.24) is 4.98 Å². The van der Waals surface area contributed by atoms with E-state index < -0.39 is 6.10 Å². The van der Waals surface area contributed by atoms with Crippen molar-refractivity contribution in [2.75, 3.05) is 23.6 Å². The van der Waals surface area contributed by atoms with Gasteiger partial charge in [0.05, 0.1) is 16.4 Å². The SMILES string of the molecule is CCCc1nc(-c2ccc3c(c2)N(CC(=O)Nc2ccc4c(c2)OCO4)C(=O)C(C)O3)cs1. The lowest BCUT2D eigenvalue weighted by atomic mass is 10.1.